The molecule has 0 amide bonds. The summed E-state index contributed by atoms with van der Waals surface area (Å²) in [5.74, 6) is -2.12. The van der Waals surface area contributed by atoms with E-state index in [0.29, 0.717) is 9.13 Å². The van der Waals surface area contributed by atoms with E-state index in [2.05, 4.69) is 0 Å². The first-order valence-electron chi connectivity index (χ1n) is 5.62. The maximum Gasteiger partial charge on any atom is 0.162 e. The second-order valence-electron chi connectivity index (χ2n) is 4.19. The standard InChI is InChI=1S/C14H11F3IN/c15-9-4-5-10(12(18)7-9)13(19)6-8-2-1-3-11(16)14(8)17/h1-5,7,13H,6,19H2. The maximum atomic E-state index is 13.5. The van der Waals surface area contributed by atoms with E-state index in [1.54, 1.807) is 6.07 Å². The molecule has 0 spiro atoms. The van der Waals surface area contributed by atoms with Crippen molar-refractivity contribution >= 4 is 22.6 Å². The first kappa shape index (κ1) is 14.3. The number of hydrogen-bond acceptors (Lipinski definition) is 1. The number of nitrogens with two attached hydrogens (primary N) is 1. The van der Waals surface area contributed by atoms with Gasteiger partial charge in [-0.05, 0) is 58.3 Å². The van der Waals surface area contributed by atoms with Crippen LogP contribution >= 0.6 is 22.6 Å². The van der Waals surface area contributed by atoms with Crippen LogP contribution in [0.15, 0.2) is 36.4 Å². The molecule has 0 radical (unpaired) electrons. The summed E-state index contributed by atoms with van der Waals surface area (Å²) in [4.78, 5) is 0. The van der Waals surface area contributed by atoms with Gasteiger partial charge in [0.2, 0.25) is 0 Å². The van der Waals surface area contributed by atoms with Crippen LogP contribution < -0.4 is 5.73 Å². The van der Waals surface area contributed by atoms with Crippen molar-refractivity contribution < 1.29 is 13.2 Å². The van der Waals surface area contributed by atoms with Gasteiger partial charge < -0.3 is 5.73 Å². The Balaban J connectivity index is 2.25. The Morgan fingerprint density at radius 1 is 1.11 bits per heavy atom. The fraction of sp³-hybridized carbons (Fsp3) is 0.143. The molecule has 0 saturated carbocycles. The van der Waals surface area contributed by atoms with Crippen molar-refractivity contribution in [3.63, 3.8) is 0 Å². The number of halogens is 4. The summed E-state index contributed by atoms with van der Waals surface area (Å²) in [5.41, 5.74) is 6.91. The van der Waals surface area contributed by atoms with E-state index in [9.17, 15) is 13.2 Å². The third kappa shape index (κ3) is 3.27. The number of benzene rings is 2. The van der Waals surface area contributed by atoms with Crippen molar-refractivity contribution in [2.75, 3.05) is 0 Å². The Morgan fingerprint density at radius 2 is 1.84 bits per heavy atom. The smallest absolute Gasteiger partial charge is 0.162 e. The molecule has 1 atom stereocenters. The minimum absolute atomic E-state index is 0.158. The molecule has 2 aromatic rings. The molecule has 0 aliphatic rings. The van der Waals surface area contributed by atoms with Gasteiger partial charge in [-0.15, -0.1) is 0 Å². The van der Waals surface area contributed by atoms with Gasteiger partial charge in [0.15, 0.2) is 11.6 Å². The van der Waals surface area contributed by atoms with Crippen LogP contribution in [0.5, 0.6) is 0 Å². The van der Waals surface area contributed by atoms with Gasteiger partial charge in [-0.1, -0.05) is 18.2 Å². The minimum atomic E-state index is -0.890. The topological polar surface area (TPSA) is 26.0 Å². The third-order valence-electron chi connectivity index (χ3n) is 2.83. The average molecular weight is 377 g/mol. The van der Waals surface area contributed by atoms with Crippen molar-refractivity contribution in [3.8, 4) is 0 Å². The van der Waals surface area contributed by atoms with E-state index in [1.165, 1.54) is 24.3 Å². The molecule has 0 aliphatic carbocycles. The molecular weight excluding hydrogens is 366 g/mol. The summed E-state index contributed by atoms with van der Waals surface area (Å²) in [6.45, 7) is 0. The van der Waals surface area contributed by atoms with E-state index < -0.39 is 17.7 Å². The molecule has 19 heavy (non-hydrogen) atoms. The Bertz CT molecular complexity index is 601. The van der Waals surface area contributed by atoms with Crippen molar-refractivity contribution in [2.24, 2.45) is 5.73 Å². The van der Waals surface area contributed by atoms with Gasteiger partial charge in [-0.25, -0.2) is 13.2 Å². The van der Waals surface area contributed by atoms with Gasteiger partial charge in [0.1, 0.15) is 5.82 Å². The van der Waals surface area contributed by atoms with Gasteiger partial charge in [0.05, 0.1) is 0 Å². The zero-order valence-corrected chi connectivity index (χ0v) is 12.0. The summed E-state index contributed by atoms with van der Waals surface area (Å²) in [7, 11) is 0. The Morgan fingerprint density at radius 3 is 2.53 bits per heavy atom. The zero-order chi connectivity index (χ0) is 14.0. The molecular formula is C14H11F3IN. The molecule has 100 valence electrons. The van der Waals surface area contributed by atoms with Crippen molar-refractivity contribution in [3.05, 3.63) is 68.5 Å². The number of hydrogen-bond donors (Lipinski definition) is 1. The van der Waals surface area contributed by atoms with Crippen LogP contribution in [-0.4, -0.2) is 0 Å². The maximum absolute atomic E-state index is 13.5. The van der Waals surface area contributed by atoms with Crippen LogP contribution in [0.2, 0.25) is 0 Å². The summed E-state index contributed by atoms with van der Waals surface area (Å²) >= 11 is 1.97. The quantitative estimate of drug-likeness (QED) is 0.806. The molecule has 0 heterocycles. The summed E-state index contributed by atoms with van der Waals surface area (Å²) in [6.07, 6.45) is 0.158. The van der Waals surface area contributed by atoms with Gasteiger partial charge in [-0.3, -0.25) is 0 Å². The summed E-state index contributed by atoms with van der Waals surface area (Å²) in [6, 6.07) is 7.72. The van der Waals surface area contributed by atoms with Gasteiger partial charge in [0.25, 0.3) is 0 Å². The fourth-order valence-corrected chi connectivity index (χ4v) is 2.73. The molecule has 0 bridgehead atoms. The Labute approximate surface area is 122 Å². The monoisotopic (exact) mass is 377 g/mol. The summed E-state index contributed by atoms with van der Waals surface area (Å²) < 4.78 is 40.3. The lowest BCUT2D eigenvalue weighted by atomic mass is 9.99. The normalized spacial score (nSPS) is 12.5. The highest BCUT2D eigenvalue weighted by atomic mass is 127. The second kappa shape index (κ2) is 5.92. The molecule has 0 fully saturated rings. The fourth-order valence-electron chi connectivity index (χ4n) is 1.86. The highest BCUT2D eigenvalue weighted by Crippen LogP contribution is 2.24. The Kier molecular flexibility index (Phi) is 4.46. The summed E-state index contributed by atoms with van der Waals surface area (Å²) in [5, 5.41) is 0. The first-order valence-corrected chi connectivity index (χ1v) is 6.70. The lowest BCUT2D eigenvalue weighted by molar-refractivity contribution is 0.494. The van der Waals surface area contributed by atoms with E-state index in [4.69, 9.17) is 5.73 Å². The van der Waals surface area contributed by atoms with Crippen LogP contribution in [0.3, 0.4) is 0 Å². The SMILES string of the molecule is NC(Cc1cccc(F)c1F)c1ccc(F)cc1I. The van der Waals surface area contributed by atoms with Gasteiger partial charge in [-0.2, -0.15) is 0 Å². The van der Waals surface area contributed by atoms with Crippen LogP contribution in [0.1, 0.15) is 17.2 Å². The number of rotatable bonds is 3. The van der Waals surface area contributed by atoms with E-state index in [-0.39, 0.29) is 17.8 Å². The predicted octanol–water partition coefficient (Wildman–Crippen LogP) is 3.95. The van der Waals surface area contributed by atoms with Gasteiger partial charge in [0, 0.05) is 9.61 Å². The molecule has 5 heteroatoms. The van der Waals surface area contributed by atoms with Crippen molar-refractivity contribution in [1.29, 1.82) is 0 Å². The van der Waals surface area contributed by atoms with Crippen LogP contribution in [-0.2, 0) is 6.42 Å². The first-order chi connectivity index (χ1) is 8.99. The van der Waals surface area contributed by atoms with E-state index in [1.807, 2.05) is 22.6 Å². The minimum Gasteiger partial charge on any atom is -0.324 e. The molecule has 2 N–H and O–H groups in total. The molecule has 0 saturated heterocycles. The molecule has 0 aromatic heterocycles. The van der Waals surface area contributed by atoms with E-state index >= 15 is 0 Å². The molecule has 2 rings (SSSR count). The van der Waals surface area contributed by atoms with Crippen LogP contribution in [0.25, 0.3) is 0 Å². The van der Waals surface area contributed by atoms with E-state index in [0.717, 1.165) is 6.07 Å². The molecule has 0 aliphatic heterocycles. The highest BCUT2D eigenvalue weighted by Gasteiger charge is 2.15. The van der Waals surface area contributed by atoms with Crippen molar-refractivity contribution in [1.82, 2.24) is 0 Å². The highest BCUT2D eigenvalue weighted by molar-refractivity contribution is 14.1. The van der Waals surface area contributed by atoms with Crippen molar-refractivity contribution in [2.45, 2.75) is 12.5 Å². The molecule has 1 unspecified atom stereocenters. The van der Waals surface area contributed by atoms with Gasteiger partial charge >= 0.3 is 0 Å². The second-order valence-corrected chi connectivity index (χ2v) is 5.35. The predicted molar refractivity (Wildman–Crippen MR) is 76.1 cm³/mol. The average Bonchev–Trinajstić information content (AvgIpc) is 2.34. The lowest BCUT2D eigenvalue weighted by Crippen LogP contribution is -2.16. The molecule has 1 nitrogen and oxygen atoms in total. The molecule has 2 aromatic carbocycles. The largest absolute Gasteiger partial charge is 0.324 e. The third-order valence-corrected chi connectivity index (χ3v) is 3.77. The Hall–Kier alpha value is -1.08. The zero-order valence-electron chi connectivity index (χ0n) is 9.84. The lowest BCUT2D eigenvalue weighted by Gasteiger charge is -2.14. The van der Waals surface area contributed by atoms with Crippen LogP contribution in [0, 0.1) is 21.0 Å². The van der Waals surface area contributed by atoms with Crippen LogP contribution in [0.4, 0.5) is 13.2 Å².